The molecular formula is C16H27N3O. The molecule has 0 aromatic carbocycles. The lowest BCUT2D eigenvalue weighted by molar-refractivity contribution is 0.478. The van der Waals surface area contributed by atoms with Crippen molar-refractivity contribution in [1.82, 2.24) is 10.6 Å². The van der Waals surface area contributed by atoms with E-state index in [1.165, 1.54) is 0 Å². The third-order valence-electron chi connectivity index (χ3n) is 3.12. The maximum absolute atomic E-state index is 5.32. The minimum atomic E-state index is 0.370. The van der Waals surface area contributed by atoms with Crippen LogP contribution in [-0.2, 0) is 6.42 Å². The van der Waals surface area contributed by atoms with Gasteiger partial charge in [0.15, 0.2) is 5.96 Å². The molecule has 0 saturated carbocycles. The molecule has 0 aliphatic heterocycles. The first-order valence-corrected chi connectivity index (χ1v) is 7.20. The van der Waals surface area contributed by atoms with Crippen LogP contribution in [0.1, 0.15) is 33.5 Å². The van der Waals surface area contributed by atoms with Crippen molar-refractivity contribution in [2.45, 2.75) is 40.2 Å². The van der Waals surface area contributed by atoms with E-state index in [4.69, 9.17) is 4.42 Å². The van der Waals surface area contributed by atoms with Crippen LogP contribution in [0.3, 0.4) is 0 Å². The Hall–Kier alpha value is -1.71. The van der Waals surface area contributed by atoms with Gasteiger partial charge >= 0.3 is 0 Å². The fourth-order valence-electron chi connectivity index (χ4n) is 1.51. The highest BCUT2D eigenvalue weighted by atomic mass is 16.3. The number of aliphatic imine (C=N–C) groups is 1. The second kappa shape index (κ2) is 8.46. The Morgan fingerprint density at radius 3 is 2.70 bits per heavy atom. The molecule has 1 rings (SSSR count). The van der Waals surface area contributed by atoms with E-state index in [0.29, 0.717) is 18.5 Å². The number of furan rings is 1. The van der Waals surface area contributed by atoms with Crippen molar-refractivity contribution in [2.75, 3.05) is 13.1 Å². The third kappa shape index (κ3) is 6.45. The van der Waals surface area contributed by atoms with Gasteiger partial charge in [0.05, 0.1) is 12.8 Å². The van der Waals surface area contributed by atoms with Gasteiger partial charge < -0.3 is 15.1 Å². The molecule has 1 atom stereocenters. The first-order valence-electron chi connectivity index (χ1n) is 7.20. The zero-order valence-corrected chi connectivity index (χ0v) is 13.1. The van der Waals surface area contributed by atoms with Crippen molar-refractivity contribution in [1.29, 1.82) is 0 Å². The SMILES string of the molecule is C=C(C)CN=C(NCCc1ccco1)NC(C)C(C)C. The summed E-state index contributed by atoms with van der Waals surface area (Å²) in [5.41, 5.74) is 1.05. The Balaban J connectivity index is 2.48. The highest BCUT2D eigenvalue weighted by Gasteiger charge is 2.09. The predicted molar refractivity (Wildman–Crippen MR) is 85.0 cm³/mol. The number of nitrogens with zero attached hydrogens (tertiary/aromatic N) is 1. The third-order valence-corrected chi connectivity index (χ3v) is 3.12. The van der Waals surface area contributed by atoms with Crippen LogP contribution in [0.15, 0.2) is 40.0 Å². The predicted octanol–water partition coefficient (Wildman–Crippen LogP) is 2.98. The van der Waals surface area contributed by atoms with Gasteiger partial charge in [0.2, 0.25) is 0 Å². The van der Waals surface area contributed by atoms with E-state index >= 15 is 0 Å². The molecule has 0 fully saturated rings. The number of guanidine groups is 1. The molecule has 1 aromatic rings. The molecule has 0 aliphatic carbocycles. The second-order valence-corrected chi connectivity index (χ2v) is 5.56. The highest BCUT2D eigenvalue weighted by molar-refractivity contribution is 5.80. The molecular weight excluding hydrogens is 250 g/mol. The summed E-state index contributed by atoms with van der Waals surface area (Å²) in [6.45, 7) is 13.8. The van der Waals surface area contributed by atoms with Crippen LogP contribution >= 0.6 is 0 Å². The Labute approximate surface area is 122 Å². The van der Waals surface area contributed by atoms with Gasteiger partial charge in [-0.1, -0.05) is 26.0 Å². The second-order valence-electron chi connectivity index (χ2n) is 5.56. The summed E-state index contributed by atoms with van der Waals surface area (Å²) in [4.78, 5) is 4.53. The van der Waals surface area contributed by atoms with Gasteiger partial charge in [-0.3, -0.25) is 0 Å². The topological polar surface area (TPSA) is 49.6 Å². The molecule has 0 aliphatic rings. The smallest absolute Gasteiger partial charge is 0.191 e. The fourth-order valence-corrected chi connectivity index (χ4v) is 1.51. The summed E-state index contributed by atoms with van der Waals surface area (Å²) >= 11 is 0. The molecule has 1 heterocycles. The van der Waals surface area contributed by atoms with E-state index in [9.17, 15) is 0 Å². The lowest BCUT2D eigenvalue weighted by Crippen LogP contribution is -2.45. The maximum atomic E-state index is 5.32. The number of hydrogen-bond donors (Lipinski definition) is 2. The minimum Gasteiger partial charge on any atom is -0.469 e. The summed E-state index contributed by atoms with van der Waals surface area (Å²) in [7, 11) is 0. The number of nitrogens with one attached hydrogen (secondary N) is 2. The van der Waals surface area contributed by atoms with Gasteiger partial charge in [0.25, 0.3) is 0 Å². The zero-order chi connectivity index (χ0) is 15.0. The first-order chi connectivity index (χ1) is 9.49. The van der Waals surface area contributed by atoms with Crippen molar-refractivity contribution < 1.29 is 4.42 Å². The molecule has 4 nitrogen and oxygen atoms in total. The van der Waals surface area contributed by atoms with Gasteiger partial charge in [0.1, 0.15) is 5.76 Å². The summed E-state index contributed by atoms with van der Waals surface area (Å²) in [6.07, 6.45) is 2.54. The minimum absolute atomic E-state index is 0.370. The van der Waals surface area contributed by atoms with Gasteiger partial charge in [-0.2, -0.15) is 0 Å². The van der Waals surface area contributed by atoms with E-state index < -0.39 is 0 Å². The molecule has 112 valence electrons. The van der Waals surface area contributed by atoms with E-state index in [-0.39, 0.29) is 0 Å². The summed E-state index contributed by atoms with van der Waals surface area (Å²) in [6, 6.07) is 4.26. The molecule has 0 amide bonds. The lowest BCUT2D eigenvalue weighted by Gasteiger charge is -2.21. The van der Waals surface area contributed by atoms with E-state index in [1.807, 2.05) is 19.1 Å². The Morgan fingerprint density at radius 2 is 2.15 bits per heavy atom. The quantitative estimate of drug-likeness (QED) is 0.457. The molecule has 0 saturated heterocycles. The monoisotopic (exact) mass is 277 g/mol. The largest absolute Gasteiger partial charge is 0.469 e. The van der Waals surface area contributed by atoms with Crippen molar-refractivity contribution in [3.8, 4) is 0 Å². The van der Waals surface area contributed by atoms with Crippen LogP contribution in [0.2, 0.25) is 0 Å². The van der Waals surface area contributed by atoms with Gasteiger partial charge in [-0.05, 0) is 31.9 Å². The van der Waals surface area contributed by atoms with Crippen LogP contribution in [0, 0.1) is 5.92 Å². The lowest BCUT2D eigenvalue weighted by atomic mass is 10.1. The molecule has 1 aromatic heterocycles. The molecule has 2 N–H and O–H groups in total. The van der Waals surface area contributed by atoms with Gasteiger partial charge in [0, 0.05) is 19.0 Å². The highest BCUT2D eigenvalue weighted by Crippen LogP contribution is 2.01. The Kier molecular flexibility index (Phi) is 6.91. The maximum Gasteiger partial charge on any atom is 0.191 e. The Bertz CT molecular complexity index is 421. The molecule has 0 bridgehead atoms. The van der Waals surface area contributed by atoms with Crippen LogP contribution in [0.5, 0.6) is 0 Å². The van der Waals surface area contributed by atoms with E-state index in [1.54, 1.807) is 6.26 Å². The van der Waals surface area contributed by atoms with Crippen LogP contribution < -0.4 is 10.6 Å². The average Bonchev–Trinajstić information content (AvgIpc) is 2.88. The van der Waals surface area contributed by atoms with Crippen LogP contribution in [-0.4, -0.2) is 25.1 Å². The summed E-state index contributed by atoms with van der Waals surface area (Å²) in [5, 5.41) is 6.76. The van der Waals surface area contributed by atoms with Crippen molar-refractivity contribution in [2.24, 2.45) is 10.9 Å². The summed E-state index contributed by atoms with van der Waals surface area (Å²) in [5.74, 6) is 2.37. The van der Waals surface area contributed by atoms with Crippen molar-refractivity contribution in [3.05, 3.63) is 36.3 Å². The van der Waals surface area contributed by atoms with E-state index in [2.05, 4.69) is 43.0 Å². The normalized spacial score (nSPS) is 13.3. The fraction of sp³-hybridized carbons (Fsp3) is 0.562. The Morgan fingerprint density at radius 1 is 1.40 bits per heavy atom. The van der Waals surface area contributed by atoms with Crippen LogP contribution in [0.4, 0.5) is 0 Å². The molecule has 0 radical (unpaired) electrons. The number of hydrogen-bond acceptors (Lipinski definition) is 2. The van der Waals surface area contributed by atoms with Gasteiger partial charge in [-0.15, -0.1) is 0 Å². The van der Waals surface area contributed by atoms with Gasteiger partial charge in [-0.25, -0.2) is 4.99 Å². The average molecular weight is 277 g/mol. The standard InChI is InChI=1S/C16H27N3O/c1-12(2)11-18-16(19-14(5)13(3)4)17-9-8-15-7-6-10-20-15/h6-7,10,13-14H,1,8-9,11H2,2-5H3,(H2,17,18,19). The van der Waals surface area contributed by atoms with Crippen molar-refractivity contribution >= 4 is 5.96 Å². The van der Waals surface area contributed by atoms with E-state index in [0.717, 1.165) is 30.3 Å². The molecule has 4 heteroatoms. The molecule has 1 unspecified atom stereocenters. The summed E-state index contributed by atoms with van der Waals surface area (Å²) < 4.78 is 5.32. The number of rotatable bonds is 7. The first kappa shape index (κ1) is 16.3. The molecule has 20 heavy (non-hydrogen) atoms. The van der Waals surface area contributed by atoms with Crippen molar-refractivity contribution in [3.63, 3.8) is 0 Å². The van der Waals surface area contributed by atoms with Crippen LogP contribution in [0.25, 0.3) is 0 Å². The zero-order valence-electron chi connectivity index (χ0n) is 13.1. The molecule has 0 spiro atoms.